The zero-order chi connectivity index (χ0) is 13.0. The highest BCUT2D eigenvalue weighted by Crippen LogP contribution is 2.24. The number of para-hydroxylation sites is 1. The zero-order valence-electron chi connectivity index (χ0n) is 10.7. The molecule has 0 spiro atoms. The SMILES string of the molecule is CCc1ccccc1Nc1ccc(C)cc1C#N. The van der Waals surface area contributed by atoms with Gasteiger partial charge in [0.1, 0.15) is 6.07 Å². The van der Waals surface area contributed by atoms with Gasteiger partial charge in [-0.1, -0.05) is 31.2 Å². The molecule has 0 amide bonds. The molecule has 0 unspecified atom stereocenters. The van der Waals surface area contributed by atoms with Gasteiger partial charge >= 0.3 is 0 Å². The number of anilines is 2. The molecule has 0 aromatic heterocycles. The van der Waals surface area contributed by atoms with Gasteiger partial charge in [0.15, 0.2) is 0 Å². The fourth-order valence-electron chi connectivity index (χ4n) is 1.96. The van der Waals surface area contributed by atoms with E-state index in [2.05, 4.69) is 24.4 Å². The minimum atomic E-state index is 0.681. The number of nitrogens with one attached hydrogen (secondary N) is 1. The van der Waals surface area contributed by atoms with Crippen molar-refractivity contribution >= 4 is 11.4 Å². The molecule has 0 heterocycles. The molecule has 2 rings (SSSR count). The van der Waals surface area contributed by atoms with Crippen molar-refractivity contribution in [3.63, 3.8) is 0 Å². The predicted molar refractivity (Wildman–Crippen MR) is 75.0 cm³/mol. The zero-order valence-corrected chi connectivity index (χ0v) is 10.7. The summed E-state index contributed by atoms with van der Waals surface area (Å²) >= 11 is 0. The Hall–Kier alpha value is -2.27. The Balaban J connectivity index is 2.37. The van der Waals surface area contributed by atoms with Gasteiger partial charge in [0.25, 0.3) is 0 Å². The number of aryl methyl sites for hydroxylation is 2. The Morgan fingerprint density at radius 3 is 2.61 bits per heavy atom. The molecule has 90 valence electrons. The highest BCUT2D eigenvalue weighted by Gasteiger charge is 2.04. The summed E-state index contributed by atoms with van der Waals surface area (Å²) in [6, 6.07) is 16.3. The summed E-state index contributed by atoms with van der Waals surface area (Å²) in [6.07, 6.45) is 0.969. The number of nitriles is 1. The van der Waals surface area contributed by atoms with Crippen LogP contribution in [-0.4, -0.2) is 0 Å². The van der Waals surface area contributed by atoms with E-state index in [0.29, 0.717) is 5.56 Å². The van der Waals surface area contributed by atoms with E-state index in [0.717, 1.165) is 23.4 Å². The van der Waals surface area contributed by atoms with Crippen LogP contribution < -0.4 is 5.32 Å². The average Bonchev–Trinajstić information content (AvgIpc) is 2.41. The second-order valence-electron chi connectivity index (χ2n) is 4.30. The van der Waals surface area contributed by atoms with Gasteiger partial charge in [0, 0.05) is 5.69 Å². The number of benzene rings is 2. The fourth-order valence-corrected chi connectivity index (χ4v) is 1.96. The van der Waals surface area contributed by atoms with E-state index in [9.17, 15) is 0 Å². The molecule has 2 heteroatoms. The second-order valence-corrected chi connectivity index (χ2v) is 4.30. The topological polar surface area (TPSA) is 35.8 Å². The molecule has 0 saturated heterocycles. The van der Waals surface area contributed by atoms with E-state index in [1.807, 2.05) is 43.3 Å². The van der Waals surface area contributed by atoms with Crippen molar-refractivity contribution in [3.8, 4) is 6.07 Å². The number of hydrogen-bond acceptors (Lipinski definition) is 2. The third-order valence-corrected chi connectivity index (χ3v) is 2.96. The Bertz CT molecular complexity index is 594. The first kappa shape index (κ1) is 12.2. The Morgan fingerprint density at radius 2 is 1.89 bits per heavy atom. The Morgan fingerprint density at radius 1 is 1.11 bits per heavy atom. The van der Waals surface area contributed by atoms with E-state index in [-0.39, 0.29) is 0 Å². The first-order valence-corrected chi connectivity index (χ1v) is 6.10. The molecule has 0 fully saturated rings. The van der Waals surface area contributed by atoms with E-state index >= 15 is 0 Å². The van der Waals surface area contributed by atoms with E-state index < -0.39 is 0 Å². The molecule has 0 atom stereocenters. The standard InChI is InChI=1S/C16H16N2/c1-3-13-6-4-5-7-15(13)18-16-9-8-12(2)10-14(16)11-17/h4-10,18H,3H2,1-2H3. The predicted octanol–water partition coefficient (Wildman–Crippen LogP) is 4.17. The van der Waals surface area contributed by atoms with Crippen molar-refractivity contribution in [3.05, 3.63) is 59.2 Å². The minimum Gasteiger partial charge on any atom is -0.354 e. The molecule has 0 aliphatic heterocycles. The van der Waals surface area contributed by atoms with Crippen LogP contribution in [0.5, 0.6) is 0 Å². The van der Waals surface area contributed by atoms with Crippen LogP contribution in [0.1, 0.15) is 23.6 Å². The van der Waals surface area contributed by atoms with E-state index in [1.54, 1.807) is 0 Å². The average molecular weight is 236 g/mol. The maximum absolute atomic E-state index is 9.16. The summed E-state index contributed by atoms with van der Waals surface area (Å²) in [6.45, 7) is 4.12. The monoisotopic (exact) mass is 236 g/mol. The molecule has 0 aliphatic carbocycles. The maximum atomic E-state index is 9.16. The van der Waals surface area contributed by atoms with Crippen molar-refractivity contribution < 1.29 is 0 Å². The maximum Gasteiger partial charge on any atom is 0.101 e. The first-order valence-electron chi connectivity index (χ1n) is 6.10. The number of nitrogens with zero attached hydrogens (tertiary/aromatic N) is 1. The van der Waals surface area contributed by atoms with Gasteiger partial charge < -0.3 is 5.32 Å². The lowest BCUT2D eigenvalue weighted by Gasteiger charge is -2.12. The van der Waals surface area contributed by atoms with Gasteiger partial charge in [0.05, 0.1) is 11.3 Å². The van der Waals surface area contributed by atoms with Crippen LogP contribution in [0, 0.1) is 18.3 Å². The molecule has 0 bridgehead atoms. The quantitative estimate of drug-likeness (QED) is 0.868. The first-order chi connectivity index (χ1) is 8.74. The van der Waals surface area contributed by atoms with Crippen LogP contribution in [0.2, 0.25) is 0 Å². The largest absolute Gasteiger partial charge is 0.354 e. The van der Waals surface area contributed by atoms with Crippen LogP contribution in [0.3, 0.4) is 0 Å². The molecule has 1 N–H and O–H groups in total. The van der Waals surface area contributed by atoms with Crippen molar-refractivity contribution in [2.75, 3.05) is 5.32 Å². The smallest absolute Gasteiger partial charge is 0.101 e. The van der Waals surface area contributed by atoms with Gasteiger partial charge in [-0.05, 0) is 42.7 Å². The second kappa shape index (κ2) is 5.37. The Labute approximate surface area is 108 Å². The van der Waals surface area contributed by atoms with Crippen LogP contribution in [0.4, 0.5) is 11.4 Å². The molecule has 2 aromatic rings. The summed E-state index contributed by atoms with van der Waals surface area (Å²) in [5, 5.41) is 12.5. The lowest BCUT2D eigenvalue weighted by Crippen LogP contribution is -1.97. The molecule has 0 saturated carbocycles. The van der Waals surface area contributed by atoms with Crippen LogP contribution in [-0.2, 0) is 6.42 Å². The van der Waals surface area contributed by atoms with Crippen LogP contribution in [0.25, 0.3) is 0 Å². The van der Waals surface area contributed by atoms with Gasteiger partial charge in [-0.25, -0.2) is 0 Å². The van der Waals surface area contributed by atoms with E-state index in [4.69, 9.17) is 5.26 Å². The summed E-state index contributed by atoms with van der Waals surface area (Å²) in [4.78, 5) is 0. The normalized spacial score (nSPS) is 9.83. The van der Waals surface area contributed by atoms with Crippen LogP contribution in [0.15, 0.2) is 42.5 Å². The fraction of sp³-hybridized carbons (Fsp3) is 0.188. The van der Waals surface area contributed by atoms with Gasteiger partial charge in [-0.3, -0.25) is 0 Å². The van der Waals surface area contributed by atoms with Gasteiger partial charge in [-0.2, -0.15) is 5.26 Å². The highest BCUT2D eigenvalue weighted by molar-refractivity contribution is 5.69. The van der Waals surface area contributed by atoms with Crippen molar-refractivity contribution in [1.82, 2.24) is 0 Å². The van der Waals surface area contributed by atoms with Crippen molar-refractivity contribution in [2.24, 2.45) is 0 Å². The molecule has 0 radical (unpaired) electrons. The number of hydrogen-bond donors (Lipinski definition) is 1. The van der Waals surface area contributed by atoms with Gasteiger partial charge in [-0.15, -0.1) is 0 Å². The third kappa shape index (κ3) is 2.52. The van der Waals surface area contributed by atoms with Gasteiger partial charge in [0.2, 0.25) is 0 Å². The summed E-state index contributed by atoms with van der Waals surface area (Å²) in [7, 11) is 0. The molecular weight excluding hydrogens is 220 g/mol. The lowest BCUT2D eigenvalue weighted by molar-refractivity contribution is 1.14. The highest BCUT2D eigenvalue weighted by atomic mass is 14.9. The third-order valence-electron chi connectivity index (χ3n) is 2.96. The van der Waals surface area contributed by atoms with Crippen LogP contribution >= 0.6 is 0 Å². The molecule has 2 nitrogen and oxygen atoms in total. The number of rotatable bonds is 3. The molecule has 0 aliphatic rings. The molecule has 18 heavy (non-hydrogen) atoms. The minimum absolute atomic E-state index is 0.681. The van der Waals surface area contributed by atoms with Crippen molar-refractivity contribution in [2.45, 2.75) is 20.3 Å². The summed E-state index contributed by atoms with van der Waals surface area (Å²) in [5.41, 5.74) is 4.97. The molecule has 2 aromatic carbocycles. The lowest BCUT2D eigenvalue weighted by atomic mass is 10.1. The van der Waals surface area contributed by atoms with E-state index in [1.165, 1.54) is 5.56 Å². The summed E-state index contributed by atoms with van der Waals surface area (Å²) < 4.78 is 0. The van der Waals surface area contributed by atoms with Crippen molar-refractivity contribution in [1.29, 1.82) is 5.26 Å². The molecular formula is C16H16N2. The summed E-state index contributed by atoms with van der Waals surface area (Å²) in [5.74, 6) is 0. The Kier molecular flexibility index (Phi) is 3.64.